The number of hydrogen-bond donors (Lipinski definition) is 1. The summed E-state index contributed by atoms with van der Waals surface area (Å²) in [5.74, 6) is 0. The second-order valence-corrected chi connectivity index (χ2v) is 5.89. The second kappa shape index (κ2) is 6.05. The molecular weight excluding hydrogens is 321 g/mol. The molecule has 0 aromatic rings. The molecule has 0 saturated heterocycles. The lowest BCUT2D eigenvalue weighted by Crippen LogP contribution is -2.46. The van der Waals surface area contributed by atoms with Crippen molar-refractivity contribution in [2.24, 2.45) is 0 Å². The van der Waals surface area contributed by atoms with Crippen molar-refractivity contribution >= 4 is 28.7 Å². The fourth-order valence-electron chi connectivity index (χ4n) is 1.09. The van der Waals surface area contributed by atoms with Crippen molar-refractivity contribution in [3.8, 4) is 0 Å². The minimum Gasteiger partial charge on any atom is -0.444 e. The van der Waals surface area contributed by atoms with Crippen LogP contribution in [0, 0.1) is 0 Å². The molecule has 0 bridgehead atoms. The Morgan fingerprint density at radius 2 is 1.88 bits per heavy atom. The fraction of sp³-hybridized carbons (Fsp3) is 0.909. The Hall–Kier alpha value is -0.0400. The van der Waals surface area contributed by atoms with Gasteiger partial charge in [0.2, 0.25) is 0 Å². The first kappa shape index (κ1) is 16.0. The first-order valence-corrected chi connectivity index (χ1v) is 6.90. The predicted octanol–water partition coefficient (Wildman–Crippen LogP) is 2.43. The van der Waals surface area contributed by atoms with Crippen LogP contribution in [0.25, 0.3) is 0 Å². The molecule has 0 radical (unpaired) electrons. The molecule has 16 heavy (non-hydrogen) atoms. The van der Waals surface area contributed by atoms with Gasteiger partial charge in [-0.15, -0.1) is 0 Å². The molecule has 0 heterocycles. The Balaban J connectivity index is 4.45. The van der Waals surface area contributed by atoms with Crippen molar-refractivity contribution in [2.45, 2.75) is 45.8 Å². The molecule has 0 aliphatic rings. The number of rotatable bonds is 4. The topological polar surface area (TPSA) is 49.8 Å². The molecule has 0 aliphatic carbocycles. The quantitative estimate of drug-likeness (QED) is 0.630. The van der Waals surface area contributed by atoms with Gasteiger partial charge in [0.05, 0.1) is 12.1 Å². The standard InChI is InChI=1S/C11H22INO3/c1-6-13(8-11(5,15)7-12)9(14)16-10(2,3)4/h15H,6-8H2,1-5H3. The highest BCUT2D eigenvalue weighted by molar-refractivity contribution is 14.1. The molecule has 0 spiro atoms. The largest absolute Gasteiger partial charge is 0.444 e. The van der Waals surface area contributed by atoms with Crippen LogP contribution in [-0.4, -0.2) is 44.8 Å². The Labute approximate surface area is 111 Å². The average molecular weight is 343 g/mol. The summed E-state index contributed by atoms with van der Waals surface area (Å²) in [7, 11) is 0. The van der Waals surface area contributed by atoms with E-state index >= 15 is 0 Å². The van der Waals surface area contributed by atoms with E-state index in [2.05, 4.69) is 22.6 Å². The number of nitrogens with zero attached hydrogens (tertiary/aromatic N) is 1. The maximum absolute atomic E-state index is 11.8. The Morgan fingerprint density at radius 3 is 2.19 bits per heavy atom. The summed E-state index contributed by atoms with van der Waals surface area (Å²) in [6.07, 6.45) is -0.375. The lowest BCUT2D eigenvalue weighted by atomic mass is 10.1. The smallest absolute Gasteiger partial charge is 0.410 e. The summed E-state index contributed by atoms with van der Waals surface area (Å²) >= 11 is 2.10. The van der Waals surface area contributed by atoms with Gasteiger partial charge in [0.15, 0.2) is 0 Å². The third-order valence-electron chi connectivity index (χ3n) is 1.85. The molecule has 1 atom stereocenters. The number of alkyl halides is 1. The lowest BCUT2D eigenvalue weighted by Gasteiger charge is -2.31. The van der Waals surface area contributed by atoms with E-state index in [0.29, 0.717) is 17.5 Å². The molecule has 0 rings (SSSR count). The third-order valence-corrected chi connectivity index (χ3v) is 3.50. The minimum absolute atomic E-state index is 0.293. The maximum Gasteiger partial charge on any atom is 0.410 e. The molecular formula is C11H22INO3. The number of carbonyl (C=O) groups excluding carboxylic acids is 1. The highest BCUT2D eigenvalue weighted by Crippen LogP contribution is 2.14. The molecule has 0 aromatic carbocycles. The first-order chi connectivity index (χ1) is 7.11. The monoisotopic (exact) mass is 343 g/mol. The highest BCUT2D eigenvalue weighted by atomic mass is 127. The maximum atomic E-state index is 11.8. The van der Waals surface area contributed by atoms with E-state index in [0.717, 1.165) is 0 Å². The molecule has 1 unspecified atom stereocenters. The third kappa shape index (κ3) is 6.52. The van der Waals surface area contributed by atoms with Crippen LogP contribution in [0.2, 0.25) is 0 Å². The predicted molar refractivity (Wildman–Crippen MR) is 73.0 cm³/mol. The van der Waals surface area contributed by atoms with Gasteiger partial charge >= 0.3 is 6.09 Å². The number of aliphatic hydroxyl groups is 1. The van der Waals surface area contributed by atoms with Crippen LogP contribution in [0.15, 0.2) is 0 Å². The van der Waals surface area contributed by atoms with E-state index in [1.165, 1.54) is 4.90 Å². The Bertz CT molecular complexity index is 236. The van der Waals surface area contributed by atoms with Crippen LogP contribution in [0.4, 0.5) is 4.79 Å². The van der Waals surface area contributed by atoms with Crippen LogP contribution >= 0.6 is 22.6 Å². The van der Waals surface area contributed by atoms with Crippen molar-refractivity contribution in [3.63, 3.8) is 0 Å². The highest BCUT2D eigenvalue weighted by Gasteiger charge is 2.27. The van der Waals surface area contributed by atoms with Gasteiger partial charge in [-0.1, -0.05) is 22.6 Å². The zero-order chi connectivity index (χ0) is 13.0. The van der Waals surface area contributed by atoms with Gasteiger partial charge in [-0.3, -0.25) is 0 Å². The van der Waals surface area contributed by atoms with Crippen molar-refractivity contribution in [1.29, 1.82) is 0 Å². The Morgan fingerprint density at radius 1 is 1.38 bits per heavy atom. The number of hydrogen-bond acceptors (Lipinski definition) is 3. The van der Waals surface area contributed by atoms with Gasteiger partial charge in [-0.05, 0) is 34.6 Å². The van der Waals surface area contributed by atoms with Gasteiger partial charge < -0.3 is 14.7 Å². The number of carbonyl (C=O) groups is 1. The van der Waals surface area contributed by atoms with Crippen LogP contribution < -0.4 is 0 Å². The van der Waals surface area contributed by atoms with E-state index in [1.807, 2.05) is 27.7 Å². The van der Waals surface area contributed by atoms with Crippen molar-refractivity contribution in [1.82, 2.24) is 4.90 Å². The number of halogens is 1. The normalized spacial score (nSPS) is 15.4. The zero-order valence-corrected chi connectivity index (χ0v) is 12.9. The van der Waals surface area contributed by atoms with Gasteiger partial charge in [-0.2, -0.15) is 0 Å². The molecule has 1 amide bonds. The van der Waals surface area contributed by atoms with Gasteiger partial charge in [0.1, 0.15) is 5.60 Å². The molecule has 1 N–H and O–H groups in total. The fourth-order valence-corrected chi connectivity index (χ4v) is 1.33. The zero-order valence-electron chi connectivity index (χ0n) is 10.7. The van der Waals surface area contributed by atoms with E-state index < -0.39 is 11.2 Å². The van der Waals surface area contributed by atoms with Crippen LogP contribution in [0.1, 0.15) is 34.6 Å². The van der Waals surface area contributed by atoms with Gasteiger partial charge in [0.25, 0.3) is 0 Å². The van der Waals surface area contributed by atoms with Crippen LogP contribution in [-0.2, 0) is 4.74 Å². The molecule has 4 nitrogen and oxygen atoms in total. The number of ether oxygens (including phenoxy) is 1. The lowest BCUT2D eigenvalue weighted by molar-refractivity contribution is 0.000570. The summed E-state index contributed by atoms with van der Waals surface area (Å²) < 4.78 is 5.83. The van der Waals surface area contributed by atoms with Crippen LogP contribution in [0.3, 0.4) is 0 Å². The second-order valence-electron chi connectivity index (χ2n) is 5.13. The van der Waals surface area contributed by atoms with E-state index in [1.54, 1.807) is 6.92 Å². The van der Waals surface area contributed by atoms with Crippen molar-refractivity contribution < 1.29 is 14.6 Å². The Kier molecular flexibility index (Phi) is 6.03. The molecule has 0 aliphatic heterocycles. The summed E-state index contributed by atoms with van der Waals surface area (Å²) in [6.45, 7) is 9.89. The van der Waals surface area contributed by atoms with E-state index in [4.69, 9.17) is 4.74 Å². The molecule has 0 fully saturated rings. The van der Waals surface area contributed by atoms with E-state index in [-0.39, 0.29) is 6.09 Å². The number of likely N-dealkylation sites (N-methyl/N-ethyl adjacent to an activating group) is 1. The molecule has 0 saturated carbocycles. The molecule has 96 valence electrons. The van der Waals surface area contributed by atoms with Crippen molar-refractivity contribution in [2.75, 3.05) is 17.5 Å². The minimum atomic E-state index is -0.868. The SMILES string of the molecule is CCN(CC(C)(O)CI)C(=O)OC(C)(C)C. The van der Waals surface area contributed by atoms with Crippen molar-refractivity contribution in [3.05, 3.63) is 0 Å². The van der Waals surface area contributed by atoms with Gasteiger partial charge in [-0.25, -0.2) is 4.79 Å². The molecule has 5 heteroatoms. The average Bonchev–Trinajstić information content (AvgIpc) is 2.11. The first-order valence-electron chi connectivity index (χ1n) is 5.37. The van der Waals surface area contributed by atoms with Crippen LogP contribution in [0.5, 0.6) is 0 Å². The van der Waals surface area contributed by atoms with E-state index in [9.17, 15) is 9.90 Å². The summed E-state index contributed by atoms with van der Waals surface area (Å²) in [5.41, 5.74) is -1.37. The number of amides is 1. The summed E-state index contributed by atoms with van der Waals surface area (Å²) in [6, 6.07) is 0. The summed E-state index contributed by atoms with van der Waals surface area (Å²) in [4.78, 5) is 13.3. The molecule has 0 aromatic heterocycles. The summed E-state index contributed by atoms with van der Waals surface area (Å²) in [5, 5.41) is 9.91. The van der Waals surface area contributed by atoms with Gasteiger partial charge in [0, 0.05) is 11.0 Å².